The molecule has 0 saturated carbocycles. The molecule has 2 aliphatic heterocycles. The van der Waals surface area contributed by atoms with E-state index in [2.05, 4.69) is 0 Å². The molecule has 0 aliphatic carbocycles. The van der Waals surface area contributed by atoms with Crippen LogP contribution in [0.5, 0.6) is 0 Å². The Balaban J connectivity index is 1.45. The Morgan fingerprint density at radius 2 is 1.06 bits per heavy atom. The van der Waals surface area contributed by atoms with Gasteiger partial charge in [0.15, 0.2) is 0 Å². The van der Waals surface area contributed by atoms with Crippen molar-refractivity contribution in [3.8, 4) is 0 Å². The molecule has 2 heterocycles. The van der Waals surface area contributed by atoms with Gasteiger partial charge in [-0.1, -0.05) is 36.4 Å². The predicted octanol–water partition coefficient (Wildman–Crippen LogP) is 6.12. The molecule has 2 aromatic rings. The van der Waals surface area contributed by atoms with E-state index >= 15 is 0 Å². The zero-order valence-electron chi connectivity index (χ0n) is 17.1. The minimum absolute atomic E-state index is 0.159. The maximum absolute atomic E-state index is 13.4. The van der Waals surface area contributed by atoms with E-state index in [0.717, 1.165) is 12.1 Å². The van der Waals surface area contributed by atoms with Gasteiger partial charge in [-0.25, -0.2) is 4.79 Å². The third-order valence-corrected chi connectivity index (χ3v) is 6.33. The average molecular weight is 456 g/mol. The normalized spacial score (nSPS) is 21.9. The van der Waals surface area contributed by atoms with Crippen LogP contribution in [0.1, 0.15) is 46.9 Å². The summed E-state index contributed by atoms with van der Waals surface area (Å²) in [5.74, 6) is -0.859. The number of halogens is 6. The van der Waals surface area contributed by atoms with Crippen molar-refractivity contribution in [2.75, 3.05) is 26.2 Å². The summed E-state index contributed by atoms with van der Waals surface area (Å²) in [6, 6.07) is 10.4. The van der Waals surface area contributed by atoms with E-state index in [1.54, 1.807) is 12.1 Å². The molecule has 4 rings (SSSR count). The molecule has 0 radical (unpaired) electrons. The molecule has 0 N–H and O–H groups in total. The number of carbonyl (C=O) groups excluding carboxylic acids is 1. The van der Waals surface area contributed by atoms with Gasteiger partial charge >= 0.3 is 18.4 Å². The molecule has 2 atom stereocenters. The van der Waals surface area contributed by atoms with Crippen LogP contribution >= 0.6 is 0 Å². The smallest absolute Gasteiger partial charge is 0.324 e. The molecular formula is C23H22F6N2O. The van der Waals surface area contributed by atoms with E-state index in [4.69, 9.17) is 0 Å². The van der Waals surface area contributed by atoms with Gasteiger partial charge in [-0.3, -0.25) is 0 Å². The van der Waals surface area contributed by atoms with E-state index in [-0.39, 0.29) is 30.2 Å². The second-order valence-corrected chi connectivity index (χ2v) is 8.32. The maximum Gasteiger partial charge on any atom is 0.416 e. The summed E-state index contributed by atoms with van der Waals surface area (Å²) < 4.78 is 80.1. The summed E-state index contributed by atoms with van der Waals surface area (Å²) in [5.41, 5.74) is -1.03. The Morgan fingerprint density at radius 1 is 0.688 bits per heavy atom. The summed E-state index contributed by atoms with van der Waals surface area (Å²) in [6.07, 6.45) is -8.12. The first-order valence-corrected chi connectivity index (χ1v) is 10.4. The summed E-state index contributed by atoms with van der Waals surface area (Å²) in [7, 11) is 0. The van der Waals surface area contributed by atoms with Crippen molar-refractivity contribution in [1.82, 2.24) is 9.80 Å². The summed E-state index contributed by atoms with van der Waals surface area (Å²) in [5, 5.41) is 0. The van der Waals surface area contributed by atoms with Gasteiger partial charge in [0.2, 0.25) is 0 Å². The molecule has 2 saturated heterocycles. The number of hydrogen-bond donors (Lipinski definition) is 0. The van der Waals surface area contributed by atoms with Crippen LogP contribution in [0.3, 0.4) is 0 Å². The van der Waals surface area contributed by atoms with Gasteiger partial charge in [0.05, 0.1) is 11.1 Å². The topological polar surface area (TPSA) is 23.6 Å². The van der Waals surface area contributed by atoms with E-state index in [1.165, 1.54) is 34.1 Å². The summed E-state index contributed by atoms with van der Waals surface area (Å²) in [4.78, 5) is 16.0. The molecule has 2 aromatic carbocycles. The van der Waals surface area contributed by atoms with E-state index in [9.17, 15) is 31.1 Å². The van der Waals surface area contributed by atoms with Crippen molar-refractivity contribution < 1.29 is 31.1 Å². The number of rotatable bonds is 2. The van der Waals surface area contributed by atoms with Crippen LogP contribution in [-0.2, 0) is 12.4 Å². The number of urea groups is 1. The second-order valence-electron chi connectivity index (χ2n) is 8.32. The van der Waals surface area contributed by atoms with Gasteiger partial charge in [0, 0.05) is 38.0 Å². The SMILES string of the molecule is O=C(N1CCC(c2ccccc2C(F)(F)F)C1)N1CCC(c2ccccc2C(F)(F)F)C1. The van der Waals surface area contributed by atoms with E-state index < -0.39 is 35.3 Å². The van der Waals surface area contributed by atoms with Gasteiger partial charge in [-0.05, 0) is 36.1 Å². The van der Waals surface area contributed by atoms with Crippen LogP contribution in [0.2, 0.25) is 0 Å². The molecule has 9 heteroatoms. The van der Waals surface area contributed by atoms with Gasteiger partial charge in [-0.15, -0.1) is 0 Å². The van der Waals surface area contributed by atoms with Crippen LogP contribution in [0.15, 0.2) is 48.5 Å². The van der Waals surface area contributed by atoms with Crippen LogP contribution in [0.25, 0.3) is 0 Å². The third kappa shape index (κ3) is 4.42. The Hall–Kier alpha value is -2.71. The molecule has 0 aromatic heterocycles. The maximum atomic E-state index is 13.4. The second kappa shape index (κ2) is 8.33. The lowest BCUT2D eigenvalue weighted by Gasteiger charge is -2.25. The fourth-order valence-corrected chi connectivity index (χ4v) is 4.80. The predicted molar refractivity (Wildman–Crippen MR) is 106 cm³/mol. The first-order valence-electron chi connectivity index (χ1n) is 10.4. The third-order valence-electron chi connectivity index (χ3n) is 6.33. The monoisotopic (exact) mass is 456 g/mol. The van der Waals surface area contributed by atoms with Gasteiger partial charge in [0.1, 0.15) is 0 Å². The van der Waals surface area contributed by atoms with E-state index in [0.29, 0.717) is 25.9 Å². The highest BCUT2D eigenvalue weighted by molar-refractivity contribution is 5.75. The van der Waals surface area contributed by atoms with Crippen LogP contribution < -0.4 is 0 Å². The molecule has 2 aliphatic rings. The standard InChI is InChI=1S/C23H22F6N2O/c24-22(25,26)19-7-3-1-5-17(19)15-9-11-30(13-15)21(32)31-12-10-16(14-31)18-6-2-4-8-20(18)23(27,28)29/h1-8,15-16H,9-14H2. The number of hydrogen-bond acceptors (Lipinski definition) is 1. The zero-order valence-corrected chi connectivity index (χ0v) is 17.1. The molecule has 32 heavy (non-hydrogen) atoms. The fourth-order valence-electron chi connectivity index (χ4n) is 4.80. The van der Waals surface area contributed by atoms with E-state index in [1.807, 2.05) is 0 Å². The van der Waals surface area contributed by atoms with Crippen molar-refractivity contribution in [2.24, 2.45) is 0 Å². The fraction of sp³-hybridized carbons (Fsp3) is 0.435. The highest BCUT2D eigenvalue weighted by Gasteiger charge is 2.40. The van der Waals surface area contributed by atoms with Crippen LogP contribution in [0, 0.1) is 0 Å². The van der Waals surface area contributed by atoms with Crippen molar-refractivity contribution >= 4 is 6.03 Å². The van der Waals surface area contributed by atoms with Crippen molar-refractivity contribution in [3.63, 3.8) is 0 Å². The number of likely N-dealkylation sites (tertiary alicyclic amines) is 2. The van der Waals surface area contributed by atoms with Crippen molar-refractivity contribution in [2.45, 2.75) is 37.0 Å². The Morgan fingerprint density at radius 3 is 1.44 bits per heavy atom. The highest BCUT2D eigenvalue weighted by atomic mass is 19.4. The van der Waals surface area contributed by atoms with Crippen molar-refractivity contribution in [3.05, 3.63) is 70.8 Å². The first kappa shape index (κ1) is 22.5. The van der Waals surface area contributed by atoms with Gasteiger partial charge < -0.3 is 9.80 Å². The molecular weight excluding hydrogens is 434 g/mol. The van der Waals surface area contributed by atoms with Gasteiger partial charge in [0.25, 0.3) is 0 Å². The lowest BCUT2D eigenvalue weighted by Crippen LogP contribution is -2.40. The Bertz CT molecular complexity index is 909. The minimum Gasteiger partial charge on any atom is -0.324 e. The average Bonchev–Trinajstić information content (AvgIpc) is 3.42. The molecule has 2 fully saturated rings. The lowest BCUT2D eigenvalue weighted by molar-refractivity contribution is -0.139. The van der Waals surface area contributed by atoms with Gasteiger partial charge in [-0.2, -0.15) is 26.3 Å². The number of carbonyl (C=O) groups is 1. The highest BCUT2D eigenvalue weighted by Crippen LogP contribution is 2.40. The largest absolute Gasteiger partial charge is 0.416 e. The molecule has 0 bridgehead atoms. The summed E-state index contributed by atoms with van der Waals surface area (Å²) in [6.45, 7) is 0.949. The van der Waals surface area contributed by atoms with Crippen molar-refractivity contribution in [1.29, 1.82) is 0 Å². The molecule has 172 valence electrons. The number of benzene rings is 2. The number of amides is 2. The Kier molecular flexibility index (Phi) is 5.85. The molecule has 2 unspecified atom stereocenters. The summed E-state index contributed by atoms with van der Waals surface area (Å²) >= 11 is 0. The quantitative estimate of drug-likeness (QED) is 0.500. The Labute approximate surface area is 181 Å². The lowest BCUT2D eigenvalue weighted by atomic mass is 9.93. The number of nitrogens with zero attached hydrogens (tertiary/aromatic N) is 2. The zero-order chi connectivity index (χ0) is 23.1. The minimum atomic E-state index is -4.47. The molecule has 3 nitrogen and oxygen atoms in total. The first-order chi connectivity index (χ1) is 15.1. The molecule has 2 amide bonds. The molecule has 0 spiro atoms. The number of alkyl halides is 6. The van der Waals surface area contributed by atoms with Crippen LogP contribution in [-0.4, -0.2) is 42.0 Å². The van der Waals surface area contributed by atoms with Crippen LogP contribution in [0.4, 0.5) is 31.1 Å².